The van der Waals surface area contributed by atoms with E-state index < -0.39 is 40.0 Å². The van der Waals surface area contributed by atoms with Crippen LogP contribution in [0.2, 0.25) is 0 Å². The fourth-order valence-corrected chi connectivity index (χ4v) is 6.71. The van der Waals surface area contributed by atoms with E-state index in [0.29, 0.717) is 12.0 Å². The molecule has 2 aliphatic rings. The molecule has 10 heteroatoms. The van der Waals surface area contributed by atoms with E-state index in [-0.39, 0.29) is 23.6 Å². The van der Waals surface area contributed by atoms with Crippen molar-refractivity contribution in [2.75, 3.05) is 24.5 Å². The molecule has 0 aliphatic carbocycles. The molecule has 0 radical (unpaired) electrons. The number of carbonyl (C=O) groups excluding carboxylic acids is 1. The Balaban J connectivity index is 1.49. The van der Waals surface area contributed by atoms with Crippen molar-refractivity contribution in [3.63, 3.8) is 0 Å². The van der Waals surface area contributed by atoms with Crippen molar-refractivity contribution in [1.29, 1.82) is 0 Å². The van der Waals surface area contributed by atoms with E-state index >= 15 is 0 Å². The molecule has 3 N–H and O–H groups in total. The minimum atomic E-state index is -4.08. The number of carboxylic acid groups (broad SMARTS) is 1. The minimum Gasteiger partial charge on any atom is -0.480 e. The fourth-order valence-electron chi connectivity index (χ4n) is 4.97. The molecule has 3 atom stereocenters. The Morgan fingerprint density at radius 1 is 1.14 bits per heavy atom. The van der Waals surface area contributed by atoms with Gasteiger partial charge in [0.15, 0.2) is 0 Å². The number of ether oxygens (including phenoxy) is 1. The number of carboxylic acids is 1. The molecular weight excluding hydrogens is 482 g/mol. The largest absolute Gasteiger partial charge is 0.480 e. The maximum Gasteiger partial charge on any atom is 0.322 e. The molecule has 2 aliphatic heterocycles. The molecule has 0 spiro atoms. The molecule has 0 amide bonds. The number of benzene rings is 2. The summed E-state index contributed by atoms with van der Waals surface area (Å²) < 4.78 is 32.9. The first-order valence-corrected chi connectivity index (χ1v) is 13.7. The van der Waals surface area contributed by atoms with E-state index in [4.69, 9.17) is 10.5 Å². The normalized spacial score (nSPS) is 21.5. The van der Waals surface area contributed by atoms with Crippen LogP contribution in [0.25, 0.3) is 0 Å². The Morgan fingerprint density at radius 2 is 1.81 bits per heavy atom. The van der Waals surface area contributed by atoms with Gasteiger partial charge in [0.1, 0.15) is 11.8 Å². The second-order valence-corrected chi connectivity index (χ2v) is 11.4. The van der Waals surface area contributed by atoms with Crippen LogP contribution >= 0.6 is 0 Å². The molecule has 4 rings (SSSR count). The zero-order valence-corrected chi connectivity index (χ0v) is 21.4. The third-order valence-corrected chi connectivity index (χ3v) is 8.87. The van der Waals surface area contributed by atoms with Gasteiger partial charge in [0, 0.05) is 31.4 Å². The van der Waals surface area contributed by atoms with Crippen LogP contribution in [-0.2, 0) is 19.6 Å². The number of nitrogens with two attached hydrogens (primary N) is 1. The lowest BCUT2D eigenvalue weighted by Gasteiger charge is -2.22. The number of hydrogen-bond acceptors (Lipinski definition) is 7. The lowest BCUT2D eigenvalue weighted by atomic mass is 9.96. The van der Waals surface area contributed by atoms with Gasteiger partial charge in [-0.2, -0.15) is 4.31 Å². The van der Waals surface area contributed by atoms with Gasteiger partial charge in [-0.3, -0.25) is 9.59 Å². The summed E-state index contributed by atoms with van der Waals surface area (Å²) in [5, 5.41) is 9.43. The third kappa shape index (κ3) is 5.25. The lowest BCUT2D eigenvalue weighted by molar-refractivity contribution is -0.140. The number of hydrogen-bond donors (Lipinski definition) is 2. The summed E-state index contributed by atoms with van der Waals surface area (Å²) in [6.07, 6.45) is 2.99. The summed E-state index contributed by atoms with van der Waals surface area (Å²) in [7, 11) is -4.08. The average molecular weight is 516 g/mol. The standard InChI is InChI=1S/C26H33N3O6S/c1-3-22(18-6-8-20(9-7-18)28-12-4-5-13-28)26(32)35-24-11-10-21(14-17(24)2)36(33,34)29-16-19(27)15-23(29)25(30)31/h6-11,14,19,22-23H,3-5,12-13,15-16,27H2,1-2H3,(H,30,31)/t19-,22?,23-/m0/s1. The molecule has 2 aromatic carbocycles. The number of sulfonamides is 1. The Labute approximate surface area is 211 Å². The van der Waals surface area contributed by atoms with Gasteiger partial charge in [-0.15, -0.1) is 0 Å². The average Bonchev–Trinajstić information content (AvgIpc) is 3.52. The summed E-state index contributed by atoms with van der Waals surface area (Å²) in [6, 6.07) is 10.4. The van der Waals surface area contributed by atoms with Crippen molar-refractivity contribution in [1.82, 2.24) is 4.31 Å². The van der Waals surface area contributed by atoms with Gasteiger partial charge in [0.2, 0.25) is 10.0 Å². The SMILES string of the molecule is CCC(C(=O)Oc1ccc(S(=O)(=O)N2C[C@@H](N)C[C@H]2C(=O)O)cc1C)c1ccc(N2CCCC2)cc1. The van der Waals surface area contributed by atoms with E-state index in [0.717, 1.165) is 28.6 Å². The highest BCUT2D eigenvalue weighted by atomic mass is 32.2. The van der Waals surface area contributed by atoms with Gasteiger partial charge in [0.05, 0.1) is 10.8 Å². The summed E-state index contributed by atoms with van der Waals surface area (Å²) in [5.41, 5.74) is 8.31. The zero-order valence-electron chi connectivity index (χ0n) is 20.6. The van der Waals surface area contributed by atoms with Gasteiger partial charge in [0.25, 0.3) is 0 Å². The summed E-state index contributed by atoms with van der Waals surface area (Å²) in [6.45, 7) is 5.60. The topological polar surface area (TPSA) is 130 Å². The van der Waals surface area contributed by atoms with E-state index in [1.807, 2.05) is 31.2 Å². The zero-order chi connectivity index (χ0) is 26.0. The molecule has 1 unspecified atom stereocenters. The van der Waals surface area contributed by atoms with E-state index in [1.165, 1.54) is 31.0 Å². The Hall–Kier alpha value is -2.95. The molecular formula is C26H33N3O6S. The van der Waals surface area contributed by atoms with Crippen molar-refractivity contribution < 1.29 is 27.9 Å². The Bertz CT molecular complexity index is 1220. The number of aliphatic carboxylic acids is 1. The smallest absolute Gasteiger partial charge is 0.322 e. The third-order valence-electron chi connectivity index (χ3n) is 7.00. The monoisotopic (exact) mass is 515 g/mol. The number of esters is 1. The van der Waals surface area contributed by atoms with Crippen molar-refractivity contribution >= 4 is 27.6 Å². The minimum absolute atomic E-state index is 0.0562. The number of anilines is 1. The number of carbonyl (C=O) groups is 2. The van der Waals surface area contributed by atoms with Crippen LogP contribution < -0.4 is 15.4 Å². The highest BCUT2D eigenvalue weighted by Crippen LogP contribution is 2.31. The fraction of sp³-hybridized carbons (Fsp3) is 0.462. The molecule has 0 bridgehead atoms. The maximum atomic E-state index is 13.1. The summed E-state index contributed by atoms with van der Waals surface area (Å²) >= 11 is 0. The van der Waals surface area contributed by atoms with Gasteiger partial charge in [-0.25, -0.2) is 8.42 Å². The van der Waals surface area contributed by atoms with Crippen molar-refractivity contribution in [2.45, 2.75) is 62.4 Å². The number of rotatable bonds is 8. The first kappa shape index (κ1) is 26.1. The molecule has 0 aromatic heterocycles. The second-order valence-electron chi connectivity index (χ2n) is 9.52. The Morgan fingerprint density at radius 3 is 2.39 bits per heavy atom. The molecule has 0 saturated carbocycles. The molecule has 2 heterocycles. The predicted molar refractivity (Wildman–Crippen MR) is 136 cm³/mol. The molecule has 2 aromatic rings. The first-order chi connectivity index (χ1) is 17.1. The van der Waals surface area contributed by atoms with Crippen LogP contribution in [0.5, 0.6) is 5.75 Å². The van der Waals surface area contributed by atoms with Crippen LogP contribution in [0, 0.1) is 6.92 Å². The van der Waals surface area contributed by atoms with Gasteiger partial charge in [-0.1, -0.05) is 19.1 Å². The molecule has 194 valence electrons. The van der Waals surface area contributed by atoms with Crippen LogP contribution in [0.4, 0.5) is 5.69 Å². The van der Waals surface area contributed by atoms with E-state index in [9.17, 15) is 23.1 Å². The quantitative estimate of drug-likeness (QED) is 0.405. The van der Waals surface area contributed by atoms with Crippen LogP contribution in [-0.4, -0.2) is 61.5 Å². The van der Waals surface area contributed by atoms with Gasteiger partial charge < -0.3 is 20.5 Å². The van der Waals surface area contributed by atoms with Gasteiger partial charge in [-0.05, 0) is 74.1 Å². The highest BCUT2D eigenvalue weighted by Gasteiger charge is 2.43. The molecule has 2 fully saturated rings. The van der Waals surface area contributed by atoms with Crippen molar-refractivity contribution in [3.05, 3.63) is 53.6 Å². The van der Waals surface area contributed by atoms with E-state index in [2.05, 4.69) is 4.90 Å². The first-order valence-electron chi connectivity index (χ1n) is 12.3. The number of aryl methyl sites for hydroxylation is 1. The molecule has 2 saturated heterocycles. The molecule has 36 heavy (non-hydrogen) atoms. The van der Waals surface area contributed by atoms with Crippen LogP contribution in [0.3, 0.4) is 0 Å². The summed E-state index contributed by atoms with van der Waals surface area (Å²) in [5.74, 6) is -1.84. The highest BCUT2D eigenvalue weighted by molar-refractivity contribution is 7.89. The lowest BCUT2D eigenvalue weighted by Crippen LogP contribution is -2.40. The van der Waals surface area contributed by atoms with Crippen LogP contribution in [0.1, 0.15) is 49.7 Å². The van der Waals surface area contributed by atoms with Crippen molar-refractivity contribution in [3.8, 4) is 5.75 Å². The predicted octanol–water partition coefficient (Wildman–Crippen LogP) is 2.87. The number of nitrogens with zero attached hydrogens (tertiary/aromatic N) is 2. The molecule has 9 nitrogen and oxygen atoms in total. The summed E-state index contributed by atoms with van der Waals surface area (Å²) in [4.78, 5) is 26.9. The van der Waals surface area contributed by atoms with Crippen LogP contribution in [0.15, 0.2) is 47.4 Å². The van der Waals surface area contributed by atoms with Crippen molar-refractivity contribution in [2.24, 2.45) is 5.73 Å². The van der Waals surface area contributed by atoms with E-state index in [1.54, 1.807) is 6.92 Å². The maximum absolute atomic E-state index is 13.1. The van der Waals surface area contributed by atoms with Gasteiger partial charge >= 0.3 is 11.9 Å². The Kier molecular flexibility index (Phi) is 7.67. The second kappa shape index (κ2) is 10.6.